The van der Waals surface area contributed by atoms with Crippen molar-refractivity contribution in [2.24, 2.45) is 0 Å². The quantitative estimate of drug-likeness (QED) is 0.632. The zero-order valence-corrected chi connectivity index (χ0v) is 13.7. The molecule has 1 unspecified atom stereocenters. The van der Waals surface area contributed by atoms with Crippen LogP contribution in [-0.4, -0.2) is 50.2 Å². The van der Waals surface area contributed by atoms with Crippen molar-refractivity contribution in [1.29, 1.82) is 0 Å². The molecule has 2 heterocycles. The number of sulfone groups is 1. The van der Waals surface area contributed by atoms with Crippen LogP contribution in [-0.2, 0) is 9.84 Å². The Morgan fingerprint density at radius 1 is 1.57 bits per heavy atom. The molecule has 1 atom stereocenters. The maximum absolute atomic E-state index is 11.5. The summed E-state index contributed by atoms with van der Waals surface area (Å²) in [5, 5.41) is 14.4. The third-order valence-electron chi connectivity index (χ3n) is 3.66. The van der Waals surface area contributed by atoms with Gasteiger partial charge in [0.05, 0.1) is 4.92 Å². The molecule has 1 aromatic rings. The van der Waals surface area contributed by atoms with E-state index in [9.17, 15) is 18.5 Å². The fraction of sp³-hybridized carbons (Fsp3) is 0.667. The number of thiophene rings is 1. The average Bonchev–Trinajstić information content (AvgIpc) is 3.01. The van der Waals surface area contributed by atoms with Gasteiger partial charge in [-0.1, -0.05) is 18.3 Å². The summed E-state index contributed by atoms with van der Waals surface area (Å²) in [7, 11) is -3.43. The van der Waals surface area contributed by atoms with E-state index in [1.165, 1.54) is 0 Å². The molecular formula is C12H19N3O4S2. The normalized spacial score (nSPS) is 19.8. The van der Waals surface area contributed by atoms with Crippen molar-refractivity contribution in [3.63, 3.8) is 0 Å². The number of likely N-dealkylation sites (N-methyl/N-ethyl adjacent to an activating group) is 1. The van der Waals surface area contributed by atoms with Gasteiger partial charge >= 0.3 is 5.69 Å². The Hall–Kier alpha value is -1.19. The molecule has 1 aliphatic rings. The number of anilines is 1. The van der Waals surface area contributed by atoms with Crippen LogP contribution >= 0.6 is 11.3 Å². The summed E-state index contributed by atoms with van der Waals surface area (Å²) < 4.78 is 23.1. The van der Waals surface area contributed by atoms with E-state index in [0.717, 1.165) is 49.6 Å². The second-order valence-corrected chi connectivity index (χ2v) is 8.41. The first kappa shape index (κ1) is 16.2. The Balaban J connectivity index is 2.15. The monoisotopic (exact) mass is 333 g/mol. The smallest absolute Gasteiger partial charge is 0.304 e. The third-order valence-corrected chi connectivity index (χ3v) is 6.54. The predicted molar refractivity (Wildman–Crippen MR) is 82.8 cm³/mol. The van der Waals surface area contributed by atoms with Gasteiger partial charge in [-0.05, 0) is 25.9 Å². The van der Waals surface area contributed by atoms with Crippen molar-refractivity contribution in [3.8, 4) is 0 Å². The Bertz CT molecular complexity index is 626. The van der Waals surface area contributed by atoms with Crippen LogP contribution in [0.4, 0.5) is 10.7 Å². The summed E-state index contributed by atoms with van der Waals surface area (Å²) in [4.78, 5) is 12.8. The topological polar surface area (TPSA) is 92.6 Å². The molecule has 7 nitrogen and oxygen atoms in total. The van der Waals surface area contributed by atoms with Crippen LogP contribution < -0.4 is 5.32 Å². The first-order valence-corrected chi connectivity index (χ1v) is 9.50. The minimum absolute atomic E-state index is 0.0236. The number of nitrogens with zero attached hydrogens (tertiary/aromatic N) is 2. The van der Waals surface area contributed by atoms with Crippen LogP contribution in [0.3, 0.4) is 0 Å². The minimum Gasteiger partial charge on any atom is -0.370 e. The molecule has 1 aliphatic heterocycles. The van der Waals surface area contributed by atoms with E-state index in [-0.39, 0.29) is 9.90 Å². The van der Waals surface area contributed by atoms with E-state index < -0.39 is 14.8 Å². The second kappa shape index (κ2) is 6.29. The van der Waals surface area contributed by atoms with Gasteiger partial charge < -0.3 is 5.32 Å². The van der Waals surface area contributed by atoms with Crippen LogP contribution in [0.2, 0.25) is 0 Å². The molecule has 0 radical (unpaired) electrons. The molecule has 1 aromatic heterocycles. The van der Waals surface area contributed by atoms with E-state index in [0.29, 0.717) is 17.6 Å². The van der Waals surface area contributed by atoms with Gasteiger partial charge in [-0.25, -0.2) is 8.42 Å². The van der Waals surface area contributed by atoms with Crippen molar-refractivity contribution >= 4 is 31.9 Å². The maximum Gasteiger partial charge on any atom is 0.304 e. The summed E-state index contributed by atoms with van der Waals surface area (Å²) >= 11 is 0.928. The zero-order valence-electron chi connectivity index (χ0n) is 12.0. The van der Waals surface area contributed by atoms with Crippen LogP contribution in [0.15, 0.2) is 10.3 Å². The molecule has 0 aromatic carbocycles. The number of likely N-dealkylation sites (tertiary alicyclic amines) is 1. The molecule has 9 heteroatoms. The lowest BCUT2D eigenvalue weighted by molar-refractivity contribution is -0.383. The molecule has 0 saturated carbocycles. The van der Waals surface area contributed by atoms with Gasteiger partial charge in [0.2, 0.25) is 0 Å². The van der Waals surface area contributed by atoms with Crippen molar-refractivity contribution in [2.45, 2.75) is 30.0 Å². The lowest BCUT2D eigenvalue weighted by Gasteiger charge is -2.22. The highest BCUT2D eigenvalue weighted by atomic mass is 32.2. The highest BCUT2D eigenvalue weighted by Crippen LogP contribution is 2.37. The van der Waals surface area contributed by atoms with Gasteiger partial charge in [0.15, 0.2) is 14.8 Å². The van der Waals surface area contributed by atoms with E-state index in [4.69, 9.17) is 0 Å². The summed E-state index contributed by atoms with van der Waals surface area (Å²) in [6.07, 6.45) is 3.24. The minimum atomic E-state index is -3.43. The van der Waals surface area contributed by atoms with Gasteiger partial charge in [-0.15, -0.1) is 0 Å². The molecule has 1 saturated heterocycles. The lowest BCUT2D eigenvalue weighted by atomic mass is 10.2. The Kier molecular flexibility index (Phi) is 4.84. The largest absolute Gasteiger partial charge is 0.370 e. The van der Waals surface area contributed by atoms with Crippen LogP contribution in [0.1, 0.15) is 19.8 Å². The summed E-state index contributed by atoms with van der Waals surface area (Å²) in [5.41, 5.74) is -0.165. The van der Waals surface area contributed by atoms with Crippen molar-refractivity contribution < 1.29 is 13.3 Å². The van der Waals surface area contributed by atoms with Crippen molar-refractivity contribution in [3.05, 3.63) is 16.2 Å². The first-order valence-electron chi connectivity index (χ1n) is 6.79. The van der Waals surface area contributed by atoms with E-state index in [2.05, 4.69) is 17.1 Å². The van der Waals surface area contributed by atoms with Gasteiger partial charge in [0, 0.05) is 24.9 Å². The highest BCUT2D eigenvalue weighted by molar-refractivity contribution is 7.92. The van der Waals surface area contributed by atoms with Crippen LogP contribution in [0.25, 0.3) is 0 Å². The van der Waals surface area contributed by atoms with Gasteiger partial charge in [0.25, 0.3) is 0 Å². The van der Waals surface area contributed by atoms with Gasteiger partial charge in [-0.3, -0.25) is 15.0 Å². The molecule has 0 amide bonds. The second-order valence-electron chi connectivity index (χ2n) is 5.11. The molecular weight excluding hydrogens is 314 g/mol. The molecule has 0 spiro atoms. The summed E-state index contributed by atoms with van der Waals surface area (Å²) in [6, 6.07) is 1.48. The van der Waals surface area contributed by atoms with E-state index in [1.807, 2.05) is 0 Å². The zero-order chi connectivity index (χ0) is 15.6. The SMILES string of the molecule is CCN1CCCC1CNc1sc(S(C)(=O)=O)cc1[N+](=O)[O-]. The fourth-order valence-electron chi connectivity index (χ4n) is 2.56. The Labute approximate surface area is 128 Å². The standard InChI is InChI=1S/C12H19N3O4S2/c1-3-14-6-4-5-9(14)8-13-12-10(15(16)17)7-11(20-12)21(2,18)19/h7,9,13H,3-6,8H2,1-2H3. The Morgan fingerprint density at radius 3 is 2.86 bits per heavy atom. The molecule has 2 rings (SSSR count). The van der Waals surface area contributed by atoms with Crippen LogP contribution in [0.5, 0.6) is 0 Å². The number of hydrogen-bond acceptors (Lipinski definition) is 7. The maximum atomic E-state index is 11.5. The molecule has 1 fully saturated rings. The lowest BCUT2D eigenvalue weighted by Crippen LogP contribution is -2.34. The molecule has 21 heavy (non-hydrogen) atoms. The van der Waals surface area contributed by atoms with Gasteiger partial charge in [-0.2, -0.15) is 0 Å². The first-order chi connectivity index (χ1) is 9.82. The van der Waals surface area contributed by atoms with Crippen molar-refractivity contribution in [2.75, 3.05) is 31.2 Å². The highest BCUT2D eigenvalue weighted by Gasteiger charge is 2.26. The summed E-state index contributed by atoms with van der Waals surface area (Å²) in [5.74, 6) is 0. The van der Waals surface area contributed by atoms with Gasteiger partial charge in [0.1, 0.15) is 4.21 Å². The van der Waals surface area contributed by atoms with Crippen LogP contribution in [0, 0.1) is 10.1 Å². The predicted octanol–water partition coefficient (Wildman–Crippen LogP) is 1.96. The Morgan fingerprint density at radius 2 is 2.29 bits per heavy atom. The average molecular weight is 333 g/mol. The molecule has 1 N–H and O–H groups in total. The van der Waals surface area contributed by atoms with Crippen molar-refractivity contribution in [1.82, 2.24) is 4.90 Å². The molecule has 118 valence electrons. The number of nitrogens with one attached hydrogen (secondary N) is 1. The van der Waals surface area contributed by atoms with E-state index in [1.54, 1.807) is 0 Å². The number of hydrogen-bond donors (Lipinski definition) is 1. The molecule has 0 bridgehead atoms. The van der Waals surface area contributed by atoms with E-state index >= 15 is 0 Å². The molecule has 0 aliphatic carbocycles. The fourth-order valence-corrected chi connectivity index (χ4v) is 4.50. The number of rotatable bonds is 6. The summed E-state index contributed by atoms with van der Waals surface area (Å²) in [6.45, 7) is 4.68. The third kappa shape index (κ3) is 3.72. The number of nitro groups is 1.